The number of nitrogens with zero attached hydrogens (tertiary/aromatic N) is 2. The molecule has 2 heterocycles. The highest BCUT2D eigenvalue weighted by atomic mass is 15.1. The number of fused-ring (bicyclic) bond motifs is 4. The summed E-state index contributed by atoms with van der Waals surface area (Å²) in [6.07, 6.45) is 0. The van der Waals surface area contributed by atoms with Crippen molar-refractivity contribution < 1.29 is 0 Å². The van der Waals surface area contributed by atoms with E-state index >= 15 is 0 Å². The van der Waals surface area contributed by atoms with Crippen LogP contribution < -0.4 is 0 Å². The summed E-state index contributed by atoms with van der Waals surface area (Å²) in [5, 5.41) is 2.47. The lowest BCUT2D eigenvalue weighted by atomic mass is 10.1. The van der Waals surface area contributed by atoms with Crippen molar-refractivity contribution in [3.8, 4) is 11.4 Å². The number of rotatable bonds is 2. The molecule has 0 aromatic heterocycles. The second-order valence-corrected chi connectivity index (χ2v) is 6.14. The first-order chi connectivity index (χ1) is 11.9. The summed E-state index contributed by atoms with van der Waals surface area (Å²) in [7, 11) is 0. The van der Waals surface area contributed by atoms with Crippen LogP contribution in [0, 0.1) is 0 Å². The highest BCUT2D eigenvalue weighted by Crippen LogP contribution is 2.35. The molecule has 114 valence electrons. The number of benzene rings is 3. The molecule has 2 nitrogen and oxygen atoms in total. The monoisotopic (exact) mass is 308 g/mol. The smallest absolute Gasteiger partial charge is 0.142 e. The molecule has 0 bridgehead atoms. The molecule has 3 aromatic carbocycles. The number of hydrogen-bond donors (Lipinski definition) is 0. The Hall–Kier alpha value is -3.13. The Bertz CT molecular complexity index is 1120. The van der Waals surface area contributed by atoms with Crippen molar-refractivity contribution in [2.45, 2.75) is 6.54 Å². The maximum Gasteiger partial charge on any atom is 0.142 e. The standard InChI is InChI=1S/C22H16N2/c1-2-8-16(9-3-1)15-24-21-13-7-4-10-17(21)14-19-18-11-5-6-12-20(18)23-22(19)24/h1-14H,15H2. The fourth-order valence-corrected chi connectivity index (χ4v) is 3.49. The molecule has 0 radical (unpaired) electrons. The highest BCUT2D eigenvalue weighted by Gasteiger charge is 2.17. The third-order valence-corrected chi connectivity index (χ3v) is 4.63. The van der Waals surface area contributed by atoms with Crippen LogP contribution in [0.5, 0.6) is 0 Å². The van der Waals surface area contributed by atoms with Crippen LogP contribution in [0.15, 0.2) is 84.9 Å². The summed E-state index contributed by atoms with van der Waals surface area (Å²) in [6, 6.07) is 29.8. The molecule has 2 aliphatic rings. The van der Waals surface area contributed by atoms with Gasteiger partial charge >= 0.3 is 0 Å². The normalized spacial score (nSPS) is 11.5. The lowest BCUT2D eigenvalue weighted by Gasteiger charge is -2.16. The minimum atomic E-state index is 0.821. The van der Waals surface area contributed by atoms with Gasteiger partial charge in [-0.05, 0) is 29.1 Å². The van der Waals surface area contributed by atoms with Crippen LogP contribution in [0.2, 0.25) is 0 Å². The Kier molecular flexibility index (Phi) is 2.89. The largest absolute Gasteiger partial charge is 0.321 e. The van der Waals surface area contributed by atoms with Crippen molar-refractivity contribution in [1.29, 1.82) is 0 Å². The van der Waals surface area contributed by atoms with Crippen LogP contribution in [0.4, 0.5) is 0 Å². The summed E-state index contributed by atoms with van der Waals surface area (Å²) in [4.78, 5) is 4.92. The lowest BCUT2D eigenvalue weighted by Crippen LogP contribution is -2.06. The van der Waals surface area contributed by atoms with Crippen LogP contribution in [0.25, 0.3) is 33.2 Å². The molecule has 0 amide bonds. The predicted molar refractivity (Wildman–Crippen MR) is 99.4 cm³/mol. The van der Waals surface area contributed by atoms with E-state index in [1.165, 1.54) is 27.4 Å². The molecule has 0 atom stereocenters. The zero-order chi connectivity index (χ0) is 15.9. The lowest BCUT2D eigenvalue weighted by molar-refractivity contribution is 0.822. The first kappa shape index (κ1) is 13.3. The molecular formula is C22H16N2. The number of hydrogen-bond acceptors (Lipinski definition) is 1. The Morgan fingerprint density at radius 1 is 0.750 bits per heavy atom. The van der Waals surface area contributed by atoms with Gasteiger partial charge in [0.25, 0.3) is 0 Å². The summed E-state index contributed by atoms with van der Waals surface area (Å²) in [5.41, 5.74) is 4.79. The third kappa shape index (κ3) is 2.00. The van der Waals surface area contributed by atoms with Crippen LogP contribution >= 0.6 is 0 Å². The molecule has 0 saturated carbocycles. The van der Waals surface area contributed by atoms with Gasteiger partial charge in [0.1, 0.15) is 5.82 Å². The summed E-state index contributed by atoms with van der Waals surface area (Å²) in [5.74, 6) is 1.05. The predicted octanol–water partition coefficient (Wildman–Crippen LogP) is 5.34. The maximum absolute atomic E-state index is 4.92. The molecular weight excluding hydrogens is 292 g/mol. The van der Waals surface area contributed by atoms with E-state index in [1.807, 2.05) is 0 Å². The quantitative estimate of drug-likeness (QED) is 0.430. The molecule has 0 N–H and O–H groups in total. The Morgan fingerprint density at radius 3 is 2.42 bits per heavy atom. The van der Waals surface area contributed by atoms with E-state index in [4.69, 9.17) is 4.98 Å². The van der Waals surface area contributed by atoms with Gasteiger partial charge in [0.05, 0.1) is 11.0 Å². The molecule has 24 heavy (non-hydrogen) atoms. The zero-order valence-corrected chi connectivity index (χ0v) is 13.2. The Labute approximate surface area is 140 Å². The molecule has 0 unspecified atom stereocenters. The van der Waals surface area contributed by atoms with E-state index in [2.05, 4.69) is 89.5 Å². The van der Waals surface area contributed by atoms with Gasteiger partial charge in [-0.2, -0.15) is 0 Å². The summed E-state index contributed by atoms with van der Waals surface area (Å²) in [6.45, 7) is 0.821. The number of pyridine rings is 1. The number of aromatic nitrogens is 2. The minimum Gasteiger partial charge on any atom is -0.321 e. The fourth-order valence-electron chi connectivity index (χ4n) is 3.49. The summed E-state index contributed by atoms with van der Waals surface area (Å²) < 4.78 is 2.33. The third-order valence-electron chi connectivity index (χ3n) is 4.63. The van der Waals surface area contributed by atoms with Crippen LogP contribution in [-0.4, -0.2) is 9.55 Å². The van der Waals surface area contributed by atoms with Crippen LogP contribution in [-0.2, 0) is 6.54 Å². The molecule has 5 rings (SSSR count). The first-order valence-corrected chi connectivity index (χ1v) is 8.21. The van der Waals surface area contributed by atoms with Crippen molar-refractivity contribution >= 4 is 21.8 Å². The molecule has 0 aliphatic carbocycles. The van der Waals surface area contributed by atoms with Crippen molar-refractivity contribution in [3.05, 3.63) is 90.5 Å². The molecule has 0 fully saturated rings. The van der Waals surface area contributed by atoms with E-state index in [0.717, 1.165) is 17.9 Å². The second kappa shape index (κ2) is 5.20. The Morgan fingerprint density at radius 2 is 1.50 bits per heavy atom. The van der Waals surface area contributed by atoms with E-state index in [9.17, 15) is 0 Å². The second-order valence-electron chi connectivity index (χ2n) is 6.14. The minimum absolute atomic E-state index is 0.821. The van der Waals surface area contributed by atoms with Crippen molar-refractivity contribution in [2.75, 3.05) is 0 Å². The average molecular weight is 308 g/mol. The maximum atomic E-state index is 4.92. The van der Waals surface area contributed by atoms with Gasteiger partial charge in [0, 0.05) is 17.5 Å². The number of para-hydroxylation sites is 2. The Balaban J connectivity index is 1.86. The highest BCUT2D eigenvalue weighted by molar-refractivity contribution is 6.00. The van der Waals surface area contributed by atoms with E-state index in [0.29, 0.717) is 0 Å². The first-order valence-electron chi connectivity index (χ1n) is 8.21. The van der Waals surface area contributed by atoms with Gasteiger partial charge in [-0.15, -0.1) is 0 Å². The van der Waals surface area contributed by atoms with E-state index < -0.39 is 0 Å². The fraction of sp³-hybridized carbons (Fsp3) is 0.0455. The zero-order valence-electron chi connectivity index (χ0n) is 13.2. The summed E-state index contributed by atoms with van der Waals surface area (Å²) >= 11 is 0. The van der Waals surface area contributed by atoms with Crippen LogP contribution in [0.1, 0.15) is 5.56 Å². The van der Waals surface area contributed by atoms with Gasteiger partial charge < -0.3 is 4.57 Å². The van der Waals surface area contributed by atoms with Crippen molar-refractivity contribution in [3.63, 3.8) is 0 Å². The topological polar surface area (TPSA) is 17.8 Å². The van der Waals surface area contributed by atoms with Gasteiger partial charge in [0.2, 0.25) is 0 Å². The van der Waals surface area contributed by atoms with Crippen LogP contribution in [0.3, 0.4) is 0 Å². The van der Waals surface area contributed by atoms with E-state index in [-0.39, 0.29) is 0 Å². The molecule has 0 spiro atoms. The molecule has 2 heteroatoms. The van der Waals surface area contributed by atoms with Gasteiger partial charge in [-0.1, -0.05) is 66.7 Å². The van der Waals surface area contributed by atoms with Crippen molar-refractivity contribution in [1.82, 2.24) is 9.55 Å². The molecule has 2 aliphatic heterocycles. The van der Waals surface area contributed by atoms with Gasteiger partial charge in [0.15, 0.2) is 0 Å². The van der Waals surface area contributed by atoms with E-state index in [1.54, 1.807) is 0 Å². The SMILES string of the molecule is c1ccc(Cn2c3nc4ccccc4c-3cc3ccccc32)cc1. The van der Waals surface area contributed by atoms with Gasteiger partial charge in [-0.25, -0.2) is 4.98 Å². The van der Waals surface area contributed by atoms with Crippen molar-refractivity contribution in [2.24, 2.45) is 0 Å². The average Bonchev–Trinajstić information content (AvgIpc) is 3.01. The molecule has 0 saturated heterocycles. The molecule has 3 aromatic rings. The van der Waals surface area contributed by atoms with Gasteiger partial charge in [-0.3, -0.25) is 0 Å².